The molecule has 1 aromatic carbocycles. The fraction of sp³-hybridized carbons (Fsp3) is 0.462. The number of ether oxygens (including phenoxy) is 1. The highest BCUT2D eigenvalue weighted by molar-refractivity contribution is 7.80. The molecule has 0 heterocycles. The lowest BCUT2D eigenvalue weighted by atomic mass is 9.96. The number of nitrogens with one attached hydrogen (secondary N) is 2. The van der Waals surface area contributed by atoms with Gasteiger partial charge in [0.25, 0.3) is 0 Å². The van der Waals surface area contributed by atoms with Crippen LogP contribution in [-0.4, -0.2) is 19.3 Å². The SMILES string of the molecule is CNC(=S)N[C@@H](c1ccc(OC)cc1)C(C)C. The van der Waals surface area contributed by atoms with Gasteiger partial charge in [0.15, 0.2) is 5.11 Å². The van der Waals surface area contributed by atoms with Gasteiger partial charge in [-0.05, 0) is 35.8 Å². The van der Waals surface area contributed by atoms with Crippen LogP contribution in [0.4, 0.5) is 0 Å². The van der Waals surface area contributed by atoms with Crippen LogP contribution in [0.5, 0.6) is 5.75 Å². The zero-order valence-electron chi connectivity index (χ0n) is 10.8. The third kappa shape index (κ3) is 3.89. The van der Waals surface area contributed by atoms with Gasteiger partial charge in [-0.2, -0.15) is 0 Å². The van der Waals surface area contributed by atoms with Crippen molar-refractivity contribution in [2.24, 2.45) is 5.92 Å². The summed E-state index contributed by atoms with van der Waals surface area (Å²) in [6.07, 6.45) is 0. The molecule has 0 fully saturated rings. The summed E-state index contributed by atoms with van der Waals surface area (Å²) in [6.45, 7) is 4.33. The molecule has 0 aromatic heterocycles. The normalized spacial score (nSPS) is 12.1. The molecule has 0 saturated carbocycles. The standard InChI is InChI=1S/C13H20N2OS/c1-9(2)12(15-13(17)14-3)10-5-7-11(16-4)8-6-10/h5-9,12H,1-4H3,(H2,14,15,17)/t12-/m1/s1. The van der Waals surface area contributed by atoms with Crippen LogP contribution in [-0.2, 0) is 0 Å². The van der Waals surface area contributed by atoms with Crippen molar-refractivity contribution in [2.45, 2.75) is 19.9 Å². The third-order valence-corrected chi connectivity index (χ3v) is 2.98. The van der Waals surface area contributed by atoms with Crippen LogP contribution in [0, 0.1) is 5.92 Å². The number of benzene rings is 1. The molecule has 2 N–H and O–H groups in total. The van der Waals surface area contributed by atoms with Gasteiger partial charge in [0, 0.05) is 7.05 Å². The maximum absolute atomic E-state index is 5.15. The van der Waals surface area contributed by atoms with Gasteiger partial charge >= 0.3 is 0 Å². The van der Waals surface area contributed by atoms with Crippen molar-refractivity contribution < 1.29 is 4.74 Å². The van der Waals surface area contributed by atoms with E-state index < -0.39 is 0 Å². The lowest BCUT2D eigenvalue weighted by Gasteiger charge is -2.24. The molecule has 0 amide bonds. The highest BCUT2D eigenvalue weighted by Crippen LogP contribution is 2.23. The summed E-state index contributed by atoms with van der Waals surface area (Å²) in [7, 11) is 3.49. The summed E-state index contributed by atoms with van der Waals surface area (Å²) in [5, 5.41) is 6.90. The second-order valence-corrected chi connectivity index (χ2v) is 4.63. The molecule has 1 aromatic rings. The van der Waals surface area contributed by atoms with E-state index in [0.29, 0.717) is 11.0 Å². The van der Waals surface area contributed by atoms with Crippen molar-refractivity contribution in [3.05, 3.63) is 29.8 Å². The summed E-state index contributed by atoms with van der Waals surface area (Å²) >= 11 is 5.15. The number of hydrogen-bond acceptors (Lipinski definition) is 2. The van der Waals surface area contributed by atoms with E-state index in [4.69, 9.17) is 17.0 Å². The molecule has 0 unspecified atom stereocenters. The minimum atomic E-state index is 0.209. The average molecular weight is 252 g/mol. The maximum atomic E-state index is 5.15. The summed E-state index contributed by atoms with van der Waals surface area (Å²) in [6, 6.07) is 8.27. The highest BCUT2D eigenvalue weighted by Gasteiger charge is 2.16. The van der Waals surface area contributed by atoms with E-state index in [9.17, 15) is 0 Å². The number of thiocarbonyl (C=S) groups is 1. The van der Waals surface area contributed by atoms with Crippen molar-refractivity contribution >= 4 is 17.3 Å². The van der Waals surface area contributed by atoms with Crippen LogP contribution < -0.4 is 15.4 Å². The van der Waals surface area contributed by atoms with Crippen molar-refractivity contribution in [3.63, 3.8) is 0 Å². The molecule has 0 spiro atoms. The summed E-state index contributed by atoms with van der Waals surface area (Å²) < 4.78 is 5.15. The topological polar surface area (TPSA) is 33.3 Å². The summed E-state index contributed by atoms with van der Waals surface area (Å²) in [4.78, 5) is 0. The van der Waals surface area contributed by atoms with E-state index in [0.717, 1.165) is 5.75 Å². The van der Waals surface area contributed by atoms with Crippen LogP contribution in [0.15, 0.2) is 24.3 Å². The molecule has 0 aliphatic heterocycles. The minimum absolute atomic E-state index is 0.209. The number of methoxy groups -OCH3 is 1. The Labute approximate surface area is 109 Å². The quantitative estimate of drug-likeness (QED) is 0.807. The fourth-order valence-electron chi connectivity index (χ4n) is 1.66. The van der Waals surface area contributed by atoms with Gasteiger partial charge in [0.2, 0.25) is 0 Å². The third-order valence-electron chi connectivity index (χ3n) is 2.66. The van der Waals surface area contributed by atoms with Crippen LogP contribution in [0.25, 0.3) is 0 Å². The first-order valence-corrected chi connectivity index (χ1v) is 6.11. The van der Waals surface area contributed by atoms with Gasteiger partial charge in [-0.25, -0.2) is 0 Å². The van der Waals surface area contributed by atoms with Crippen molar-refractivity contribution in [1.82, 2.24) is 10.6 Å². The first-order chi connectivity index (χ1) is 8.08. The molecule has 0 radical (unpaired) electrons. The molecule has 0 saturated heterocycles. The van der Waals surface area contributed by atoms with E-state index in [-0.39, 0.29) is 6.04 Å². The second-order valence-electron chi connectivity index (χ2n) is 4.22. The highest BCUT2D eigenvalue weighted by atomic mass is 32.1. The fourth-order valence-corrected chi connectivity index (χ4v) is 1.79. The van der Waals surface area contributed by atoms with Crippen molar-refractivity contribution in [1.29, 1.82) is 0 Å². The van der Waals surface area contributed by atoms with Gasteiger partial charge < -0.3 is 15.4 Å². The van der Waals surface area contributed by atoms with Crippen molar-refractivity contribution in [3.8, 4) is 5.75 Å². The van der Waals surface area contributed by atoms with Gasteiger partial charge in [0.1, 0.15) is 5.75 Å². The van der Waals surface area contributed by atoms with E-state index in [2.05, 4.69) is 36.6 Å². The Balaban J connectivity index is 2.85. The Hall–Kier alpha value is -1.29. The van der Waals surface area contributed by atoms with Crippen LogP contribution in [0.2, 0.25) is 0 Å². The molecule has 4 heteroatoms. The summed E-state index contributed by atoms with van der Waals surface area (Å²) in [5.74, 6) is 1.32. The first kappa shape index (κ1) is 13.8. The Morgan fingerprint density at radius 2 is 1.82 bits per heavy atom. The lowest BCUT2D eigenvalue weighted by molar-refractivity contribution is 0.413. The zero-order chi connectivity index (χ0) is 12.8. The molecule has 0 aliphatic rings. The Morgan fingerprint density at radius 3 is 2.24 bits per heavy atom. The molecule has 1 rings (SSSR count). The van der Waals surface area contributed by atoms with Crippen LogP contribution in [0.3, 0.4) is 0 Å². The predicted octanol–water partition coefficient (Wildman–Crippen LogP) is 2.49. The van der Waals surface area contributed by atoms with Gasteiger partial charge in [-0.1, -0.05) is 26.0 Å². The first-order valence-electron chi connectivity index (χ1n) is 5.70. The van der Waals surface area contributed by atoms with Gasteiger partial charge in [-0.3, -0.25) is 0 Å². The molecule has 3 nitrogen and oxygen atoms in total. The van der Waals surface area contributed by atoms with E-state index in [1.807, 2.05) is 19.2 Å². The van der Waals surface area contributed by atoms with E-state index in [1.165, 1.54) is 5.56 Å². The molecule has 0 bridgehead atoms. The largest absolute Gasteiger partial charge is 0.497 e. The van der Waals surface area contributed by atoms with E-state index >= 15 is 0 Å². The predicted molar refractivity (Wildman–Crippen MR) is 75.4 cm³/mol. The van der Waals surface area contributed by atoms with Crippen LogP contribution >= 0.6 is 12.2 Å². The molecule has 1 atom stereocenters. The molecule has 94 valence electrons. The van der Waals surface area contributed by atoms with Gasteiger partial charge in [0.05, 0.1) is 13.2 Å². The minimum Gasteiger partial charge on any atom is -0.497 e. The Kier molecular flexibility index (Phi) is 5.22. The molecule has 17 heavy (non-hydrogen) atoms. The van der Waals surface area contributed by atoms with E-state index in [1.54, 1.807) is 7.11 Å². The lowest BCUT2D eigenvalue weighted by Crippen LogP contribution is -2.37. The monoisotopic (exact) mass is 252 g/mol. The second kappa shape index (κ2) is 6.45. The Morgan fingerprint density at radius 1 is 1.24 bits per heavy atom. The average Bonchev–Trinajstić information content (AvgIpc) is 2.35. The molecule has 0 aliphatic carbocycles. The molecular weight excluding hydrogens is 232 g/mol. The van der Waals surface area contributed by atoms with Crippen molar-refractivity contribution in [2.75, 3.05) is 14.2 Å². The zero-order valence-corrected chi connectivity index (χ0v) is 11.6. The number of rotatable bonds is 4. The summed E-state index contributed by atoms with van der Waals surface area (Å²) in [5.41, 5.74) is 1.21. The Bertz CT molecular complexity index is 362. The van der Waals surface area contributed by atoms with Gasteiger partial charge in [-0.15, -0.1) is 0 Å². The maximum Gasteiger partial charge on any atom is 0.166 e. The number of hydrogen-bond donors (Lipinski definition) is 2. The smallest absolute Gasteiger partial charge is 0.166 e. The van der Waals surface area contributed by atoms with Crippen LogP contribution in [0.1, 0.15) is 25.5 Å². The molecular formula is C13H20N2OS.